The van der Waals surface area contributed by atoms with E-state index in [0.29, 0.717) is 0 Å². The summed E-state index contributed by atoms with van der Waals surface area (Å²) in [5.41, 5.74) is 13.8. The Bertz CT molecular complexity index is 1550. The van der Waals surface area contributed by atoms with Crippen molar-refractivity contribution >= 4 is 10.8 Å². The van der Waals surface area contributed by atoms with Gasteiger partial charge in [-0.1, -0.05) is 161 Å². The molecule has 248 valence electrons. The van der Waals surface area contributed by atoms with Crippen LogP contribution in [0.5, 0.6) is 0 Å². The minimum Gasteiger partial charge on any atom is -0.0561 e. The highest BCUT2D eigenvalue weighted by molar-refractivity contribution is 6.06. The quantitative estimate of drug-likeness (QED) is 0.210. The van der Waals surface area contributed by atoms with Crippen LogP contribution in [0.1, 0.15) is 158 Å². The van der Waals surface area contributed by atoms with Crippen LogP contribution in [-0.2, 0) is 32.5 Å². The van der Waals surface area contributed by atoms with Crippen molar-refractivity contribution in [2.45, 2.75) is 157 Å². The molecule has 0 bridgehead atoms. The maximum atomic E-state index is 2.50. The average molecular weight is 617 g/mol. The molecule has 46 heavy (non-hydrogen) atoms. The van der Waals surface area contributed by atoms with E-state index in [4.69, 9.17) is 0 Å². The van der Waals surface area contributed by atoms with Gasteiger partial charge in [0.2, 0.25) is 0 Å². The Balaban J connectivity index is 2.28. The number of benzene rings is 4. The minimum absolute atomic E-state index is 0.00122. The highest BCUT2D eigenvalue weighted by Crippen LogP contribution is 2.45. The number of rotatable bonds is 2. The van der Waals surface area contributed by atoms with Gasteiger partial charge < -0.3 is 0 Å². The maximum Gasteiger partial charge on any atom is -0.00960 e. The lowest BCUT2D eigenvalue weighted by molar-refractivity contribution is 0.568. The highest BCUT2D eigenvalue weighted by Gasteiger charge is 2.27. The summed E-state index contributed by atoms with van der Waals surface area (Å²) in [5, 5.41) is 2.69. The first-order chi connectivity index (χ1) is 20.6. The maximum absolute atomic E-state index is 2.50. The van der Waals surface area contributed by atoms with Crippen LogP contribution >= 0.6 is 0 Å². The summed E-state index contributed by atoms with van der Waals surface area (Å²) in [6.45, 7) is 42.2. The van der Waals surface area contributed by atoms with Crippen LogP contribution in [0.15, 0.2) is 60.7 Å². The number of fused-ring (bicyclic) bond motifs is 1. The molecule has 0 aromatic heterocycles. The van der Waals surface area contributed by atoms with Gasteiger partial charge >= 0.3 is 0 Å². The van der Waals surface area contributed by atoms with Gasteiger partial charge in [0.05, 0.1) is 0 Å². The van der Waals surface area contributed by atoms with Gasteiger partial charge in [-0.05, 0) is 123 Å². The number of hydrogen-bond acceptors (Lipinski definition) is 0. The monoisotopic (exact) mass is 617 g/mol. The first-order valence-electron chi connectivity index (χ1n) is 17.5. The van der Waals surface area contributed by atoms with Crippen molar-refractivity contribution in [3.8, 4) is 22.3 Å². The Morgan fingerprint density at radius 2 is 0.435 bits per heavy atom. The Labute approximate surface area is 283 Å². The third-order valence-electron chi connectivity index (χ3n) is 9.75. The standard InChI is InChI=1S/C46H64/c1-41(2,3)31-19-29(20-32(23-31)42(4,5)6)37-25-35(45(13,14)15)28-40-38(26-36(27-39(37)40)46(16,17)18)30-21-33(43(7,8)9)24-34(22-30)44(10,11)12/h19-28H,1-18H3. The van der Waals surface area contributed by atoms with E-state index in [0.717, 1.165) is 0 Å². The van der Waals surface area contributed by atoms with E-state index < -0.39 is 0 Å². The smallest absolute Gasteiger partial charge is 0.00960 e. The summed E-state index contributed by atoms with van der Waals surface area (Å²) in [6, 6.07) is 24.8. The van der Waals surface area contributed by atoms with E-state index >= 15 is 0 Å². The summed E-state index contributed by atoms with van der Waals surface area (Å²) in [4.78, 5) is 0. The molecule has 0 aliphatic heterocycles. The zero-order valence-corrected chi connectivity index (χ0v) is 32.8. The van der Waals surface area contributed by atoms with Crippen LogP contribution in [-0.4, -0.2) is 0 Å². The van der Waals surface area contributed by atoms with Gasteiger partial charge in [-0.15, -0.1) is 0 Å². The van der Waals surface area contributed by atoms with Gasteiger partial charge in [0, 0.05) is 0 Å². The third kappa shape index (κ3) is 7.64. The van der Waals surface area contributed by atoms with Crippen molar-refractivity contribution < 1.29 is 0 Å². The van der Waals surface area contributed by atoms with Crippen LogP contribution in [0.25, 0.3) is 33.0 Å². The van der Waals surface area contributed by atoms with Gasteiger partial charge in [0.1, 0.15) is 0 Å². The van der Waals surface area contributed by atoms with Crippen molar-refractivity contribution in [2.75, 3.05) is 0 Å². The van der Waals surface area contributed by atoms with E-state index in [1.807, 2.05) is 0 Å². The molecule has 0 aliphatic carbocycles. The molecule has 0 unspecified atom stereocenters. The Morgan fingerprint density at radius 3 is 0.630 bits per heavy atom. The fourth-order valence-corrected chi connectivity index (χ4v) is 6.10. The molecule has 0 fully saturated rings. The van der Waals surface area contributed by atoms with Gasteiger partial charge in [-0.2, -0.15) is 0 Å². The molecule has 0 atom stereocenters. The highest BCUT2D eigenvalue weighted by atomic mass is 14.3. The fraction of sp³-hybridized carbons (Fsp3) is 0.522. The summed E-state index contributed by atoms with van der Waals surface area (Å²) in [7, 11) is 0. The zero-order valence-electron chi connectivity index (χ0n) is 32.8. The Hall–Kier alpha value is -2.86. The zero-order chi connectivity index (χ0) is 35.0. The molecular weight excluding hydrogens is 553 g/mol. The summed E-state index contributed by atoms with van der Waals surface area (Å²) in [6.07, 6.45) is 0. The first kappa shape index (κ1) is 36.0. The van der Waals surface area contributed by atoms with Crippen LogP contribution < -0.4 is 0 Å². The second kappa shape index (κ2) is 11.4. The summed E-state index contributed by atoms with van der Waals surface area (Å²) >= 11 is 0. The molecule has 0 radical (unpaired) electrons. The second-order valence-electron chi connectivity index (χ2n) is 20.2. The predicted molar refractivity (Wildman–Crippen MR) is 207 cm³/mol. The van der Waals surface area contributed by atoms with Crippen LogP contribution in [0, 0.1) is 0 Å². The normalized spacial score (nSPS) is 13.9. The van der Waals surface area contributed by atoms with Crippen LogP contribution in [0.4, 0.5) is 0 Å². The van der Waals surface area contributed by atoms with Crippen molar-refractivity contribution in [1.82, 2.24) is 0 Å². The van der Waals surface area contributed by atoms with Gasteiger partial charge in [0.15, 0.2) is 0 Å². The lowest BCUT2D eigenvalue weighted by Crippen LogP contribution is -2.17. The first-order valence-corrected chi connectivity index (χ1v) is 17.5. The van der Waals surface area contributed by atoms with Crippen molar-refractivity contribution in [2.24, 2.45) is 0 Å². The molecule has 4 aromatic rings. The van der Waals surface area contributed by atoms with E-state index in [9.17, 15) is 0 Å². The second-order valence-corrected chi connectivity index (χ2v) is 20.2. The summed E-state index contributed by atoms with van der Waals surface area (Å²) in [5.74, 6) is 0. The van der Waals surface area contributed by atoms with Crippen molar-refractivity contribution in [3.05, 3.63) is 94.0 Å². The summed E-state index contributed by atoms with van der Waals surface area (Å²) < 4.78 is 0. The van der Waals surface area contributed by atoms with Crippen LogP contribution in [0.2, 0.25) is 0 Å². The molecular formula is C46H64. The molecule has 0 heteroatoms. The molecule has 0 spiro atoms. The lowest BCUT2D eigenvalue weighted by atomic mass is 9.75. The predicted octanol–water partition coefficient (Wildman–Crippen LogP) is 14.0. The molecule has 0 heterocycles. The van der Waals surface area contributed by atoms with Crippen molar-refractivity contribution in [1.29, 1.82) is 0 Å². The fourth-order valence-electron chi connectivity index (χ4n) is 6.10. The molecule has 0 N–H and O–H groups in total. The largest absolute Gasteiger partial charge is 0.0561 e. The van der Waals surface area contributed by atoms with E-state index in [1.165, 1.54) is 66.4 Å². The minimum atomic E-state index is 0.00122. The van der Waals surface area contributed by atoms with Gasteiger partial charge in [-0.25, -0.2) is 0 Å². The molecule has 4 aromatic carbocycles. The number of hydrogen-bond donors (Lipinski definition) is 0. The SMILES string of the molecule is CC(C)(C)c1cc(-c2cc(C(C)(C)C)cc3c(-c4cc(C(C)(C)C)cc(C(C)(C)C)c4)cc(C(C)(C)C)cc23)cc(C(C)(C)C)c1. The molecule has 0 aliphatic rings. The third-order valence-corrected chi connectivity index (χ3v) is 9.75. The molecule has 0 saturated heterocycles. The van der Waals surface area contributed by atoms with Crippen LogP contribution in [0.3, 0.4) is 0 Å². The van der Waals surface area contributed by atoms with E-state index in [2.05, 4.69) is 185 Å². The van der Waals surface area contributed by atoms with Gasteiger partial charge in [-0.3, -0.25) is 0 Å². The van der Waals surface area contributed by atoms with E-state index in [-0.39, 0.29) is 32.5 Å². The lowest BCUT2D eigenvalue weighted by Gasteiger charge is -2.29. The molecule has 0 amide bonds. The average Bonchev–Trinajstić information content (AvgIpc) is 2.88. The topological polar surface area (TPSA) is 0 Å². The van der Waals surface area contributed by atoms with E-state index in [1.54, 1.807) is 0 Å². The molecule has 0 saturated carbocycles. The Morgan fingerprint density at radius 1 is 0.239 bits per heavy atom. The molecule has 4 rings (SSSR count). The van der Waals surface area contributed by atoms with Crippen molar-refractivity contribution in [3.63, 3.8) is 0 Å². The van der Waals surface area contributed by atoms with Gasteiger partial charge in [0.25, 0.3) is 0 Å². The molecule has 0 nitrogen and oxygen atoms in total. The Kier molecular flexibility index (Phi) is 8.91.